The molecule has 6 heteroatoms. The second-order valence-electron chi connectivity index (χ2n) is 4.39. The van der Waals surface area contributed by atoms with E-state index in [-0.39, 0.29) is 17.7 Å². The lowest BCUT2D eigenvalue weighted by atomic mass is 10.1. The number of hydrogen-bond donors (Lipinski definition) is 2. The summed E-state index contributed by atoms with van der Waals surface area (Å²) >= 11 is 7.05. The summed E-state index contributed by atoms with van der Waals surface area (Å²) in [6, 6.07) is 12.3. The minimum Gasteiger partial charge on any atom is -0.343 e. The maximum Gasteiger partial charge on any atom is 0.247 e. The van der Waals surface area contributed by atoms with Gasteiger partial charge >= 0.3 is 0 Å². The highest BCUT2D eigenvalue weighted by Gasteiger charge is 2.21. The Hall–Kier alpha value is -1.85. The summed E-state index contributed by atoms with van der Waals surface area (Å²) in [4.78, 5) is 24.8. The first-order chi connectivity index (χ1) is 10.2. The number of rotatable bonds is 6. The Morgan fingerprint density at radius 1 is 1.14 bits per heavy atom. The zero-order chi connectivity index (χ0) is 15.1. The number of amides is 2. The molecule has 21 heavy (non-hydrogen) atoms. The molecule has 0 bridgehead atoms. The Labute approximate surface area is 132 Å². The van der Waals surface area contributed by atoms with Crippen LogP contribution in [-0.2, 0) is 16.0 Å². The van der Waals surface area contributed by atoms with Crippen molar-refractivity contribution in [1.82, 2.24) is 5.32 Å². The molecule has 2 amide bonds. The summed E-state index contributed by atoms with van der Waals surface area (Å²) in [6.45, 7) is 0. The summed E-state index contributed by atoms with van der Waals surface area (Å²) in [5, 5.41) is 7.38. The standard InChI is InChI=1S/C15H15ClN2O2S/c16-10-14(19)18-13(9-12-7-4-8-21-12)15(20)17-11-5-2-1-3-6-11/h1-8,13H,9-10H2,(H,17,20)(H,18,19). The summed E-state index contributed by atoms with van der Waals surface area (Å²) in [6.07, 6.45) is 0.443. The second-order valence-corrected chi connectivity index (χ2v) is 5.69. The molecular weight excluding hydrogens is 308 g/mol. The Balaban J connectivity index is 2.06. The molecule has 0 saturated carbocycles. The summed E-state index contributed by atoms with van der Waals surface area (Å²) in [7, 11) is 0. The zero-order valence-electron chi connectivity index (χ0n) is 11.2. The van der Waals surface area contributed by atoms with Gasteiger partial charge < -0.3 is 10.6 Å². The highest BCUT2D eigenvalue weighted by atomic mass is 35.5. The zero-order valence-corrected chi connectivity index (χ0v) is 12.8. The average Bonchev–Trinajstić information content (AvgIpc) is 3.00. The lowest BCUT2D eigenvalue weighted by Crippen LogP contribution is -2.45. The summed E-state index contributed by atoms with van der Waals surface area (Å²) in [5.74, 6) is -0.783. The van der Waals surface area contributed by atoms with Gasteiger partial charge in [-0.1, -0.05) is 24.3 Å². The number of para-hydroxylation sites is 1. The van der Waals surface area contributed by atoms with E-state index < -0.39 is 6.04 Å². The van der Waals surface area contributed by atoms with Crippen molar-refractivity contribution < 1.29 is 9.59 Å². The molecular formula is C15H15ClN2O2S. The second kappa shape index (κ2) is 7.81. The number of benzene rings is 1. The number of alkyl halides is 1. The number of anilines is 1. The van der Waals surface area contributed by atoms with Crippen molar-refractivity contribution >= 4 is 40.4 Å². The molecule has 4 nitrogen and oxygen atoms in total. The molecule has 2 aromatic rings. The quantitative estimate of drug-likeness (QED) is 0.803. The van der Waals surface area contributed by atoms with E-state index >= 15 is 0 Å². The largest absolute Gasteiger partial charge is 0.343 e. The number of nitrogens with one attached hydrogen (secondary N) is 2. The molecule has 0 aliphatic heterocycles. The molecule has 1 atom stereocenters. The van der Waals surface area contributed by atoms with Crippen LogP contribution in [0.3, 0.4) is 0 Å². The van der Waals surface area contributed by atoms with Gasteiger partial charge in [-0.25, -0.2) is 0 Å². The highest BCUT2D eigenvalue weighted by Crippen LogP contribution is 2.13. The topological polar surface area (TPSA) is 58.2 Å². The van der Waals surface area contributed by atoms with Gasteiger partial charge in [-0.15, -0.1) is 22.9 Å². The monoisotopic (exact) mass is 322 g/mol. The van der Waals surface area contributed by atoms with Crippen LogP contribution in [-0.4, -0.2) is 23.7 Å². The molecule has 0 fully saturated rings. The van der Waals surface area contributed by atoms with Crippen LogP contribution in [0.25, 0.3) is 0 Å². The maximum atomic E-state index is 12.3. The normalized spacial score (nSPS) is 11.7. The molecule has 1 unspecified atom stereocenters. The van der Waals surface area contributed by atoms with Crippen LogP contribution in [0.5, 0.6) is 0 Å². The third kappa shape index (κ3) is 4.88. The van der Waals surface area contributed by atoms with Crippen LogP contribution in [0.1, 0.15) is 4.88 Å². The van der Waals surface area contributed by atoms with E-state index in [1.807, 2.05) is 35.7 Å². The van der Waals surface area contributed by atoms with Crippen molar-refractivity contribution in [1.29, 1.82) is 0 Å². The Kier molecular flexibility index (Phi) is 5.78. The maximum absolute atomic E-state index is 12.3. The van der Waals surface area contributed by atoms with Crippen LogP contribution >= 0.6 is 22.9 Å². The van der Waals surface area contributed by atoms with Gasteiger partial charge in [0.15, 0.2) is 0 Å². The first-order valence-corrected chi connectivity index (χ1v) is 7.84. The first-order valence-electron chi connectivity index (χ1n) is 6.42. The molecule has 0 aliphatic rings. The van der Waals surface area contributed by atoms with E-state index in [9.17, 15) is 9.59 Å². The number of halogens is 1. The molecule has 0 saturated heterocycles. The van der Waals surface area contributed by atoms with E-state index in [0.717, 1.165) is 4.88 Å². The predicted octanol–water partition coefficient (Wildman–Crippen LogP) is 2.65. The van der Waals surface area contributed by atoms with Gasteiger partial charge in [0.1, 0.15) is 11.9 Å². The number of thiophene rings is 1. The van der Waals surface area contributed by atoms with E-state index in [0.29, 0.717) is 12.1 Å². The molecule has 1 heterocycles. The van der Waals surface area contributed by atoms with Crippen molar-refractivity contribution in [2.24, 2.45) is 0 Å². The van der Waals surface area contributed by atoms with Gasteiger partial charge in [0.2, 0.25) is 11.8 Å². The Morgan fingerprint density at radius 3 is 2.52 bits per heavy atom. The van der Waals surface area contributed by atoms with Gasteiger partial charge in [0.05, 0.1) is 0 Å². The smallest absolute Gasteiger partial charge is 0.247 e. The Bertz CT molecular complexity index is 587. The molecule has 0 spiro atoms. The fourth-order valence-electron chi connectivity index (χ4n) is 1.82. The fraction of sp³-hybridized carbons (Fsp3) is 0.200. The van der Waals surface area contributed by atoms with E-state index in [1.54, 1.807) is 23.5 Å². The van der Waals surface area contributed by atoms with Crippen LogP contribution in [0, 0.1) is 0 Å². The number of carbonyl (C=O) groups excluding carboxylic acids is 2. The van der Waals surface area contributed by atoms with E-state index in [2.05, 4.69) is 10.6 Å². The predicted molar refractivity (Wildman–Crippen MR) is 85.7 cm³/mol. The van der Waals surface area contributed by atoms with Crippen molar-refractivity contribution in [3.8, 4) is 0 Å². The Morgan fingerprint density at radius 2 is 1.90 bits per heavy atom. The third-order valence-corrected chi connectivity index (χ3v) is 3.94. The van der Waals surface area contributed by atoms with Crippen molar-refractivity contribution in [3.63, 3.8) is 0 Å². The summed E-state index contributed by atoms with van der Waals surface area (Å²) < 4.78 is 0. The van der Waals surface area contributed by atoms with Gasteiger partial charge in [-0.2, -0.15) is 0 Å². The molecule has 1 aromatic carbocycles. The van der Waals surface area contributed by atoms with E-state index in [1.165, 1.54) is 0 Å². The summed E-state index contributed by atoms with van der Waals surface area (Å²) in [5.41, 5.74) is 0.693. The molecule has 2 rings (SSSR count). The average molecular weight is 323 g/mol. The molecule has 2 N–H and O–H groups in total. The van der Waals surface area contributed by atoms with Gasteiger partial charge in [-0.3, -0.25) is 9.59 Å². The molecule has 0 aliphatic carbocycles. The molecule has 1 aromatic heterocycles. The van der Waals surface area contributed by atoms with Crippen LogP contribution in [0.4, 0.5) is 5.69 Å². The van der Waals surface area contributed by atoms with Crippen molar-refractivity contribution in [3.05, 3.63) is 52.7 Å². The molecule has 110 valence electrons. The minimum absolute atomic E-state index is 0.167. The van der Waals surface area contributed by atoms with Crippen LogP contribution in [0.15, 0.2) is 47.8 Å². The number of hydrogen-bond acceptors (Lipinski definition) is 3. The highest BCUT2D eigenvalue weighted by molar-refractivity contribution is 7.09. The van der Waals surface area contributed by atoms with Gasteiger partial charge in [0, 0.05) is 17.0 Å². The third-order valence-electron chi connectivity index (χ3n) is 2.80. The first kappa shape index (κ1) is 15.5. The van der Waals surface area contributed by atoms with Gasteiger partial charge in [0.25, 0.3) is 0 Å². The van der Waals surface area contributed by atoms with Crippen LogP contribution < -0.4 is 10.6 Å². The van der Waals surface area contributed by atoms with Gasteiger partial charge in [-0.05, 0) is 23.6 Å². The van der Waals surface area contributed by atoms with Crippen molar-refractivity contribution in [2.45, 2.75) is 12.5 Å². The van der Waals surface area contributed by atoms with E-state index in [4.69, 9.17) is 11.6 Å². The minimum atomic E-state index is -0.643. The van der Waals surface area contributed by atoms with Crippen LogP contribution in [0.2, 0.25) is 0 Å². The SMILES string of the molecule is O=C(CCl)NC(Cc1cccs1)C(=O)Nc1ccccc1. The lowest BCUT2D eigenvalue weighted by Gasteiger charge is -2.17. The number of carbonyl (C=O) groups is 2. The lowest BCUT2D eigenvalue weighted by molar-refractivity contribution is -0.125. The molecule has 0 radical (unpaired) electrons. The fourth-order valence-corrected chi connectivity index (χ4v) is 2.65. The van der Waals surface area contributed by atoms with Crippen molar-refractivity contribution in [2.75, 3.05) is 11.2 Å².